The Balaban J connectivity index is 4.30. The molecular weight excluding hydrogens is 334 g/mol. The molecule has 0 aromatic carbocycles. The van der Waals surface area contributed by atoms with Crippen LogP contribution in [0.25, 0.3) is 0 Å². The molecule has 0 aliphatic carbocycles. The van der Waals surface area contributed by atoms with E-state index >= 15 is 0 Å². The first-order chi connectivity index (χ1) is 11.7. The number of carboxylic acid groups (broad SMARTS) is 1. The van der Waals surface area contributed by atoms with E-state index in [1.54, 1.807) is 0 Å². The van der Waals surface area contributed by atoms with Crippen molar-refractivity contribution in [3.05, 3.63) is 0 Å². The van der Waals surface area contributed by atoms with Crippen LogP contribution in [0.3, 0.4) is 0 Å². The van der Waals surface area contributed by atoms with Gasteiger partial charge in [0.1, 0.15) is 12.1 Å². The van der Waals surface area contributed by atoms with Crippen molar-refractivity contribution in [2.45, 2.75) is 31.8 Å². The number of carboxylic acids is 1. The fourth-order valence-electron chi connectivity index (χ4n) is 1.69. The van der Waals surface area contributed by atoms with Gasteiger partial charge in [-0.1, -0.05) is 0 Å². The number of carbonyl (C=O) groups excluding carboxylic acids is 3. The Morgan fingerprint density at radius 2 is 1.76 bits per heavy atom. The minimum absolute atomic E-state index is 0.102. The lowest BCUT2D eigenvalue weighted by Crippen LogP contribution is -2.50. The third kappa shape index (κ3) is 10.5. The van der Waals surface area contributed by atoms with Gasteiger partial charge < -0.3 is 38.3 Å². The van der Waals surface area contributed by atoms with Gasteiger partial charge >= 0.3 is 5.97 Å². The van der Waals surface area contributed by atoms with Gasteiger partial charge in [-0.3, -0.25) is 19.4 Å². The Bertz CT molecular complexity index is 519. The number of guanidine groups is 1. The molecule has 10 N–H and O–H groups in total. The van der Waals surface area contributed by atoms with Crippen LogP contribution in [0.1, 0.15) is 19.8 Å². The van der Waals surface area contributed by atoms with E-state index in [0.717, 1.165) is 0 Å². The van der Waals surface area contributed by atoms with Gasteiger partial charge in [0.15, 0.2) is 5.96 Å². The number of rotatable bonds is 11. The summed E-state index contributed by atoms with van der Waals surface area (Å²) in [7, 11) is 0. The number of nitrogens with two attached hydrogens (primary N) is 3. The molecule has 2 unspecified atom stereocenters. The zero-order valence-corrected chi connectivity index (χ0v) is 13.9. The second-order valence-corrected chi connectivity index (χ2v) is 5.12. The molecule has 0 aliphatic heterocycles. The lowest BCUT2D eigenvalue weighted by atomic mass is 10.1. The molecule has 142 valence electrons. The van der Waals surface area contributed by atoms with E-state index in [9.17, 15) is 19.2 Å². The molecule has 0 saturated heterocycles. The van der Waals surface area contributed by atoms with Crippen LogP contribution < -0.4 is 33.2 Å². The number of aliphatic imine (C=N–C) groups is 1. The monoisotopic (exact) mass is 359 g/mol. The number of nitrogens with one attached hydrogen (secondary N) is 3. The Morgan fingerprint density at radius 3 is 2.28 bits per heavy atom. The first-order valence-corrected chi connectivity index (χ1v) is 7.52. The van der Waals surface area contributed by atoms with Crippen LogP contribution in [0, 0.1) is 0 Å². The molecule has 12 nitrogen and oxygen atoms in total. The Hall–Kier alpha value is -2.89. The van der Waals surface area contributed by atoms with E-state index in [1.165, 1.54) is 6.92 Å². The van der Waals surface area contributed by atoms with Gasteiger partial charge in [-0.05, 0) is 19.8 Å². The van der Waals surface area contributed by atoms with Crippen molar-refractivity contribution in [3.63, 3.8) is 0 Å². The maximum absolute atomic E-state index is 11.7. The Morgan fingerprint density at radius 1 is 1.12 bits per heavy atom. The predicted molar refractivity (Wildman–Crippen MR) is 89.1 cm³/mol. The average Bonchev–Trinajstić information content (AvgIpc) is 2.54. The molecule has 0 fully saturated rings. The maximum atomic E-state index is 11.7. The SMILES string of the molecule is CC(NC(=O)CN)C(=O)NCC(=O)NC(CCCN=C(N)N)C(=O)O. The standard InChI is InChI=1S/C13H25N7O5/c1-7(19-9(21)5-14)11(23)18-6-10(22)20-8(12(24)25)3-2-4-17-13(15)16/h7-8H,2-6,14H2,1H3,(H,18,23)(H,19,21)(H,20,22)(H,24,25)(H4,15,16,17). The van der Waals surface area contributed by atoms with E-state index in [0.29, 0.717) is 6.42 Å². The average molecular weight is 359 g/mol. The van der Waals surface area contributed by atoms with E-state index in [4.69, 9.17) is 22.3 Å². The van der Waals surface area contributed by atoms with Crippen LogP contribution in [0.15, 0.2) is 4.99 Å². The minimum Gasteiger partial charge on any atom is -0.480 e. The van der Waals surface area contributed by atoms with Gasteiger partial charge in [0.05, 0.1) is 13.1 Å². The summed E-state index contributed by atoms with van der Waals surface area (Å²) in [4.78, 5) is 49.3. The molecule has 0 radical (unpaired) electrons. The summed E-state index contributed by atoms with van der Waals surface area (Å²) >= 11 is 0. The largest absolute Gasteiger partial charge is 0.480 e. The highest BCUT2D eigenvalue weighted by atomic mass is 16.4. The van der Waals surface area contributed by atoms with E-state index < -0.39 is 42.3 Å². The second kappa shape index (κ2) is 11.6. The van der Waals surface area contributed by atoms with E-state index in [1.807, 2.05) is 0 Å². The van der Waals surface area contributed by atoms with Crippen molar-refractivity contribution >= 4 is 29.7 Å². The third-order valence-electron chi connectivity index (χ3n) is 2.96. The van der Waals surface area contributed by atoms with Crippen LogP contribution in [-0.4, -0.2) is 66.5 Å². The molecule has 3 amide bonds. The topological polar surface area (TPSA) is 215 Å². The van der Waals surface area contributed by atoms with Crippen LogP contribution in [-0.2, 0) is 19.2 Å². The number of carbonyl (C=O) groups is 4. The van der Waals surface area contributed by atoms with Gasteiger partial charge in [0, 0.05) is 6.54 Å². The Labute approximate surface area is 144 Å². The van der Waals surface area contributed by atoms with Gasteiger partial charge in [0.2, 0.25) is 17.7 Å². The predicted octanol–water partition coefficient (Wildman–Crippen LogP) is -3.81. The highest BCUT2D eigenvalue weighted by Crippen LogP contribution is 1.98. The number of hydrogen-bond acceptors (Lipinski definition) is 6. The molecule has 0 rings (SSSR count). The van der Waals surface area contributed by atoms with Crippen molar-refractivity contribution in [1.82, 2.24) is 16.0 Å². The van der Waals surface area contributed by atoms with Crippen molar-refractivity contribution in [1.29, 1.82) is 0 Å². The van der Waals surface area contributed by atoms with Crippen molar-refractivity contribution in [2.24, 2.45) is 22.2 Å². The molecule has 0 bridgehead atoms. The fraction of sp³-hybridized carbons (Fsp3) is 0.615. The van der Waals surface area contributed by atoms with Crippen LogP contribution in [0.4, 0.5) is 0 Å². The molecule has 0 spiro atoms. The lowest BCUT2D eigenvalue weighted by molar-refractivity contribution is -0.142. The first kappa shape index (κ1) is 22.1. The lowest BCUT2D eigenvalue weighted by Gasteiger charge is -2.16. The highest BCUT2D eigenvalue weighted by Gasteiger charge is 2.20. The van der Waals surface area contributed by atoms with Crippen molar-refractivity contribution < 1.29 is 24.3 Å². The molecule has 2 atom stereocenters. The molecular formula is C13H25N7O5. The van der Waals surface area contributed by atoms with E-state index in [2.05, 4.69) is 20.9 Å². The molecule has 12 heteroatoms. The maximum Gasteiger partial charge on any atom is 0.326 e. The number of amides is 3. The minimum atomic E-state index is -1.21. The summed E-state index contributed by atoms with van der Waals surface area (Å²) in [5, 5.41) is 16.0. The molecule has 0 aliphatic rings. The van der Waals surface area contributed by atoms with Crippen molar-refractivity contribution in [3.8, 4) is 0 Å². The van der Waals surface area contributed by atoms with Gasteiger partial charge in [-0.25, -0.2) is 4.79 Å². The summed E-state index contributed by atoms with van der Waals surface area (Å²) < 4.78 is 0. The zero-order chi connectivity index (χ0) is 19.4. The molecule has 0 aromatic rings. The smallest absolute Gasteiger partial charge is 0.326 e. The zero-order valence-electron chi connectivity index (χ0n) is 13.9. The fourth-order valence-corrected chi connectivity index (χ4v) is 1.69. The molecule has 25 heavy (non-hydrogen) atoms. The van der Waals surface area contributed by atoms with Gasteiger partial charge in [0.25, 0.3) is 0 Å². The number of nitrogens with zero attached hydrogens (tertiary/aromatic N) is 1. The highest BCUT2D eigenvalue weighted by molar-refractivity contribution is 5.91. The van der Waals surface area contributed by atoms with Crippen LogP contribution in [0.2, 0.25) is 0 Å². The third-order valence-corrected chi connectivity index (χ3v) is 2.96. The van der Waals surface area contributed by atoms with Crippen LogP contribution in [0.5, 0.6) is 0 Å². The molecule has 0 heterocycles. The summed E-state index contributed by atoms with van der Waals surface area (Å²) in [6.07, 6.45) is 0.471. The summed E-state index contributed by atoms with van der Waals surface area (Å²) in [5.74, 6) is -3.11. The second-order valence-electron chi connectivity index (χ2n) is 5.12. The first-order valence-electron chi connectivity index (χ1n) is 7.52. The van der Waals surface area contributed by atoms with Gasteiger partial charge in [-0.2, -0.15) is 0 Å². The normalized spacial score (nSPS) is 12.4. The summed E-state index contributed by atoms with van der Waals surface area (Å²) in [6, 6.07) is -2.01. The van der Waals surface area contributed by atoms with Crippen molar-refractivity contribution in [2.75, 3.05) is 19.6 Å². The number of aliphatic carboxylic acids is 1. The number of hydrogen-bond donors (Lipinski definition) is 7. The Kier molecular flexibility index (Phi) is 10.3. The molecule has 0 aromatic heterocycles. The van der Waals surface area contributed by atoms with E-state index in [-0.39, 0.29) is 25.5 Å². The quantitative estimate of drug-likeness (QED) is 0.110. The summed E-state index contributed by atoms with van der Waals surface area (Å²) in [6.45, 7) is 0.958. The van der Waals surface area contributed by atoms with Gasteiger partial charge in [-0.15, -0.1) is 0 Å². The molecule has 0 saturated carbocycles. The summed E-state index contributed by atoms with van der Waals surface area (Å²) in [5.41, 5.74) is 15.4. The van der Waals surface area contributed by atoms with Crippen LogP contribution >= 0.6 is 0 Å².